The Bertz CT molecular complexity index is 621. The Morgan fingerprint density at radius 1 is 1.40 bits per heavy atom. The molecule has 0 aliphatic carbocycles. The number of carbonyl (C=O) groups excluding carboxylic acids is 2. The van der Waals surface area contributed by atoms with Gasteiger partial charge < -0.3 is 19.7 Å². The summed E-state index contributed by atoms with van der Waals surface area (Å²) >= 11 is 0. The number of hydrogen-bond acceptors (Lipinski definition) is 4. The summed E-state index contributed by atoms with van der Waals surface area (Å²) in [4.78, 5) is 26.2. The number of benzene rings is 1. The topological polar surface area (TPSA) is 67.9 Å². The minimum Gasteiger partial charge on any atom is -0.447 e. The predicted molar refractivity (Wildman–Crippen MR) is 92.8 cm³/mol. The number of fused-ring (bicyclic) bond motifs is 1. The zero-order chi connectivity index (χ0) is 17.9. The predicted octanol–water partition coefficient (Wildman–Crippen LogP) is 2.99. The van der Waals surface area contributed by atoms with Crippen molar-refractivity contribution < 1.29 is 19.1 Å². The van der Waals surface area contributed by atoms with Gasteiger partial charge in [-0.2, -0.15) is 0 Å². The highest BCUT2D eigenvalue weighted by Gasteiger charge is 2.54. The molecule has 2 amide bonds. The maximum Gasteiger partial charge on any atom is 0.407 e. The molecular formula is C19H26N2O4. The molecule has 1 aromatic carbocycles. The molecule has 3 rings (SSSR count). The van der Waals surface area contributed by atoms with E-state index >= 15 is 0 Å². The quantitative estimate of drug-likeness (QED) is 0.890. The van der Waals surface area contributed by atoms with E-state index in [0.29, 0.717) is 13.0 Å². The van der Waals surface area contributed by atoms with Gasteiger partial charge in [-0.15, -0.1) is 0 Å². The molecule has 0 aromatic heterocycles. The molecule has 0 bridgehead atoms. The van der Waals surface area contributed by atoms with Crippen molar-refractivity contribution in [1.82, 2.24) is 10.2 Å². The van der Waals surface area contributed by atoms with Gasteiger partial charge in [0.05, 0.1) is 6.04 Å². The average Bonchev–Trinajstić information content (AvgIpc) is 2.92. The summed E-state index contributed by atoms with van der Waals surface area (Å²) in [6, 6.07) is 9.51. The molecule has 2 heterocycles. The molecular weight excluding hydrogens is 320 g/mol. The molecule has 136 valence electrons. The molecule has 3 unspecified atom stereocenters. The van der Waals surface area contributed by atoms with Crippen LogP contribution in [0.2, 0.25) is 0 Å². The van der Waals surface area contributed by atoms with E-state index in [9.17, 15) is 9.59 Å². The molecule has 0 spiro atoms. The standard InChI is InChI=1S/C19H26N2O4/c1-3-12-20-18(23)24-13-15-17(14-8-5-4-6-9-14)25-19(2)11-7-10-16(22)21(15)19/h4-6,8-9,15,17H,3,7,10-13H2,1-2H3,(H,20,23). The van der Waals surface area contributed by atoms with Crippen LogP contribution in [0.4, 0.5) is 4.79 Å². The zero-order valence-corrected chi connectivity index (χ0v) is 14.9. The summed E-state index contributed by atoms with van der Waals surface area (Å²) in [7, 11) is 0. The van der Waals surface area contributed by atoms with Crippen molar-refractivity contribution in [2.45, 2.75) is 57.4 Å². The fourth-order valence-corrected chi connectivity index (χ4v) is 3.75. The van der Waals surface area contributed by atoms with Gasteiger partial charge in [0.15, 0.2) is 0 Å². The monoisotopic (exact) mass is 346 g/mol. The van der Waals surface area contributed by atoms with Crippen LogP contribution in [-0.2, 0) is 14.3 Å². The molecule has 0 saturated carbocycles. The van der Waals surface area contributed by atoms with Gasteiger partial charge in [-0.25, -0.2) is 4.79 Å². The highest BCUT2D eigenvalue weighted by Crippen LogP contribution is 2.46. The van der Waals surface area contributed by atoms with E-state index in [1.54, 1.807) is 4.90 Å². The Balaban J connectivity index is 1.81. The molecule has 0 radical (unpaired) electrons. The molecule has 6 heteroatoms. The molecule has 2 aliphatic heterocycles. The van der Waals surface area contributed by atoms with Gasteiger partial charge in [0, 0.05) is 13.0 Å². The van der Waals surface area contributed by atoms with Gasteiger partial charge in [-0.3, -0.25) is 4.79 Å². The summed E-state index contributed by atoms with van der Waals surface area (Å²) in [6.45, 7) is 4.63. The number of hydrogen-bond donors (Lipinski definition) is 1. The third kappa shape index (κ3) is 3.63. The lowest BCUT2D eigenvalue weighted by molar-refractivity contribution is -0.159. The van der Waals surface area contributed by atoms with Gasteiger partial charge in [0.1, 0.15) is 18.4 Å². The van der Waals surface area contributed by atoms with Crippen LogP contribution < -0.4 is 5.32 Å². The van der Waals surface area contributed by atoms with E-state index in [-0.39, 0.29) is 24.7 Å². The van der Waals surface area contributed by atoms with Crippen molar-refractivity contribution in [1.29, 1.82) is 0 Å². The fourth-order valence-electron chi connectivity index (χ4n) is 3.75. The molecule has 2 aliphatic rings. The number of carbonyl (C=O) groups is 2. The number of nitrogens with one attached hydrogen (secondary N) is 1. The second-order valence-electron chi connectivity index (χ2n) is 6.83. The van der Waals surface area contributed by atoms with Crippen LogP contribution >= 0.6 is 0 Å². The van der Waals surface area contributed by atoms with Crippen LogP contribution in [0.5, 0.6) is 0 Å². The van der Waals surface area contributed by atoms with Crippen LogP contribution in [0, 0.1) is 0 Å². The van der Waals surface area contributed by atoms with Crippen molar-refractivity contribution >= 4 is 12.0 Å². The smallest absolute Gasteiger partial charge is 0.407 e. The molecule has 2 fully saturated rings. The summed E-state index contributed by atoms with van der Waals surface area (Å²) in [6.07, 6.45) is 2.22. The molecule has 1 aromatic rings. The summed E-state index contributed by atoms with van der Waals surface area (Å²) in [5.74, 6) is 0.0646. The number of amides is 2. The van der Waals surface area contributed by atoms with Gasteiger partial charge in [0.25, 0.3) is 0 Å². The van der Waals surface area contributed by atoms with E-state index in [4.69, 9.17) is 9.47 Å². The molecule has 3 atom stereocenters. The first-order valence-electron chi connectivity index (χ1n) is 9.00. The van der Waals surface area contributed by atoms with E-state index < -0.39 is 11.8 Å². The van der Waals surface area contributed by atoms with Crippen LogP contribution in [0.1, 0.15) is 51.2 Å². The minimum atomic E-state index is -0.635. The van der Waals surface area contributed by atoms with Crippen molar-refractivity contribution in [3.8, 4) is 0 Å². The summed E-state index contributed by atoms with van der Waals surface area (Å²) < 4.78 is 11.7. The Morgan fingerprint density at radius 2 is 2.16 bits per heavy atom. The maximum absolute atomic E-state index is 12.6. The van der Waals surface area contributed by atoms with Crippen molar-refractivity contribution in [2.24, 2.45) is 0 Å². The number of rotatable bonds is 5. The first-order chi connectivity index (χ1) is 12.0. The number of alkyl carbamates (subject to hydrolysis) is 1. The lowest BCUT2D eigenvalue weighted by Gasteiger charge is -2.39. The Kier molecular flexibility index (Phi) is 5.27. The second kappa shape index (κ2) is 7.44. The van der Waals surface area contributed by atoms with Crippen molar-refractivity contribution in [3.63, 3.8) is 0 Å². The van der Waals surface area contributed by atoms with E-state index in [0.717, 1.165) is 24.8 Å². The van der Waals surface area contributed by atoms with Crippen LogP contribution in [0.15, 0.2) is 30.3 Å². The van der Waals surface area contributed by atoms with Crippen molar-refractivity contribution in [2.75, 3.05) is 13.2 Å². The molecule has 1 N–H and O–H groups in total. The molecule has 25 heavy (non-hydrogen) atoms. The number of piperidine rings is 1. The van der Waals surface area contributed by atoms with E-state index in [1.807, 2.05) is 44.2 Å². The summed E-state index contributed by atoms with van der Waals surface area (Å²) in [5.41, 5.74) is 0.359. The normalized spacial score (nSPS) is 28.6. The minimum absolute atomic E-state index is 0.0646. The van der Waals surface area contributed by atoms with Gasteiger partial charge >= 0.3 is 6.09 Å². The lowest BCUT2D eigenvalue weighted by Crippen LogP contribution is -2.53. The van der Waals surface area contributed by atoms with Crippen LogP contribution in [0.25, 0.3) is 0 Å². The Hall–Kier alpha value is -2.08. The Morgan fingerprint density at radius 3 is 2.88 bits per heavy atom. The highest BCUT2D eigenvalue weighted by molar-refractivity contribution is 5.78. The van der Waals surface area contributed by atoms with Crippen LogP contribution in [0.3, 0.4) is 0 Å². The van der Waals surface area contributed by atoms with Gasteiger partial charge in [-0.05, 0) is 31.7 Å². The lowest BCUT2D eigenvalue weighted by atomic mass is 9.97. The Labute approximate surface area is 148 Å². The van der Waals surface area contributed by atoms with Crippen LogP contribution in [-0.4, -0.2) is 41.8 Å². The number of ether oxygens (including phenoxy) is 2. The highest BCUT2D eigenvalue weighted by atomic mass is 16.6. The van der Waals surface area contributed by atoms with E-state index in [2.05, 4.69) is 5.32 Å². The molecule has 6 nitrogen and oxygen atoms in total. The number of nitrogens with zero attached hydrogens (tertiary/aromatic N) is 1. The van der Waals surface area contributed by atoms with Crippen molar-refractivity contribution in [3.05, 3.63) is 35.9 Å². The van der Waals surface area contributed by atoms with Gasteiger partial charge in [-0.1, -0.05) is 37.3 Å². The maximum atomic E-state index is 12.6. The van der Waals surface area contributed by atoms with E-state index in [1.165, 1.54) is 0 Å². The fraction of sp³-hybridized carbons (Fsp3) is 0.579. The zero-order valence-electron chi connectivity index (χ0n) is 14.9. The largest absolute Gasteiger partial charge is 0.447 e. The second-order valence-corrected chi connectivity index (χ2v) is 6.83. The molecule has 2 saturated heterocycles. The first-order valence-corrected chi connectivity index (χ1v) is 9.00. The SMILES string of the molecule is CCCNC(=O)OCC1C(c2ccccc2)OC2(C)CCCC(=O)N12. The third-order valence-electron chi connectivity index (χ3n) is 4.90. The first kappa shape index (κ1) is 17.7. The van der Waals surface area contributed by atoms with Gasteiger partial charge in [0.2, 0.25) is 5.91 Å². The summed E-state index contributed by atoms with van der Waals surface area (Å²) in [5, 5.41) is 2.70. The average molecular weight is 346 g/mol. The third-order valence-corrected chi connectivity index (χ3v) is 4.90.